The third-order valence-corrected chi connectivity index (χ3v) is 1.73. The van der Waals surface area contributed by atoms with Gasteiger partial charge in [0.15, 0.2) is 0 Å². The second-order valence-electron chi connectivity index (χ2n) is 2.85. The summed E-state index contributed by atoms with van der Waals surface area (Å²) >= 11 is 0. The van der Waals surface area contributed by atoms with E-state index in [0.29, 0.717) is 6.07 Å². The highest BCUT2D eigenvalue weighted by Gasteiger charge is 2.33. The number of hydrogen-bond acceptors (Lipinski definition) is 6. The summed E-state index contributed by atoms with van der Waals surface area (Å²) in [5.74, 6) is -1.47. The van der Waals surface area contributed by atoms with Crippen LogP contribution in [0.1, 0.15) is 5.56 Å². The van der Waals surface area contributed by atoms with Crippen LogP contribution < -0.4 is 16.2 Å². The quantitative estimate of drug-likeness (QED) is 0.610. The standard InChI is InChI=1S/C7H7F3N4O3/c8-7(9,10)17-5-1-4(14(15)16)3(2-11)6(12)13-5/h1H,2,11H2,(H2,12,13). The molecule has 1 rings (SSSR count). The SMILES string of the molecule is NCc1c([N+](=O)[O-])cc(OC(F)(F)F)nc1N. The first-order valence-corrected chi connectivity index (χ1v) is 4.14. The minimum absolute atomic E-state index is 0.149. The number of halogens is 3. The summed E-state index contributed by atoms with van der Waals surface area (Å²) in [6.07, 6.45) is -5.00. The number of alkyl halides is 3. The zero-order valence-electron chi connectivity index (χ0n) is 8.19. The van der Waals surface area contributed by atoms with Crippen molar-refractivity contribution in [1.82, 2.24) is 4.98 Å². The molecule has 17 heavy (non-hydrogen) atoms. The van der Waals surface area contributed by atoms with Gasteiger partial charge < -0.3 is 16.2 Å². The molecule has 10 heteroatoms. The first-order chi connectivity index (χ1) is 7.74. The van der Waals surface area contributed by atoms with Crippen molar-refractivity contribution in [2.24, 2.45) is 5.73 Å². The van der Waals surface area contributed by atoms with Crippen LogP contribution in [0.5, 0.6) is 5.88 Å². The Morgan fingerprint density at radius 3 is 2.53 bits per heavy atom. The number of nitrogens with two attached hydrogens (primary N) is 2. The molecule has 0 saturated heterocycles. The molecule has 1 aromatic heterocycles. The molecule has 0 aliphatic carbocycles. The Morgan fingerprint density at radius 2 is 2.12 bits per heavy atom. The van der Waals surface area contributed by atoms with E-state index in [9.17, 15) is 23.3 Å². The number of hydrogen-bond donors (Lipinski definition) is 2. The van der Waals surface area contributed by atoms with Gasteiger partial charge in [-0.05, 0) is 0 Å². The maximum absolute atomic E-state index is 11.9. The second-order valence-corrected chi connectivity index (χ2v) is 2.85. The third kappa shape index (κ3) is 3.17. The zero-order valence-corrected chi connectivity index (χ0v) is 8.19. The smallest absolute Gasteiger partial charge is 0.388 e. The Morgan fingerprint density at radius 1 is 1.53 bits per heavy atom. The minimum atomic E-state index is -5.00. The molecule has 1 aromatic rings. The lowest BCUT2D eigenvalue weighted by Gasteiger charge is -2.10. The van der Waals surface area contributed by atoms with Gasteiger partial charge >= 0.3 is 6.36 Å². The lowest BCUT2D eigenvalue weighted by molar-refractivity contribution is -0.385. The predicted molar refractivity (Wildman–Crippen MR) is 49.9 cm³/mol. The largest absolute Gasteiger partial charge is 0.574 e. The summed E-state index contributed by atoms with van der Waals surface area (Å²) < 4.78 is 39.1. The van der Waals surface area contributed by atoms with Crippen LogP contribution in [0.2, 0.25) is 0 Å². The van der Waals surface area contributed by atoms with Crippen LogP contribution in [0.15, 0.2) is 6.07 Å². The highest BCUT2D eigenvalue weighted by Crippen LogP contribution is 2.29. The molecular formula is C7H7F3N4O3. The van der Waals surface area contributed by atoms with Gasteiger partial charge in [-0.15, -0.1) is 13.2 Å². The second kappa shape index (κ2) is 4.41. The van der Waals surface area contributed by atoms with Crippen molar-refractivity contribution in [2.45, 2.75) is 12.9 Å². The fourth-order valence-electron chi connectivity index (χ4n) is 1.10. The van der Waals surface area contributed by atoms with Crippen LogP contribution in [0.3, 0.4) is 0 Å². The number of nitro groups is 1. The van der Waals surface area contributed by atoms with Gasteiger partial charge in [0.1, 0.15) is 5.82 Å². The fourth-order valence-corrected chi connectivity index (χ4v) is 1.10. The van der Waals surface area contributed by atoms with E-state index in [4.69, 9.17) is 11.5 Å². The summed E-state index contributed by atoms with van der Waals surface area (Å²) in [4.78, 5) is 12.9. The summed E-state index contributed by atoms with van der Waals surface area (Å²) in [6.45, 7) is -0.318. The molecule has 7 nitrogen and oxygen atoms in total. The molecule has 0 fully saturated rings. The monoisotopic (exact) mass is 252 g/mol. The number of ether oxygens (including phenoxy) is 1. The first-order valence-electron chi connectivity index (χ1n) is 4.14. The van der Waals surface area contributed by atoms with Gasteiger partial charge in [-0.1, -0.05) is 0 Å². The van der Waals surface area contributed by atoms with E-state index in [1.54, 1.807) is 0 Å². The van der Waals surface area contributed by atoms with Crippen LogP contribution in [0, 0.1) is 10.1 Å². The molecule has 0 aromatic carbocycles. The van der Waals surface area contributed by atoms with E-state index in [2.05, 4.69) is 9.72 Å². The molecule has 0 bridgehead atoms. The van der Waals surface area contributed by atoms with Crippen LogP contribution in [-0.4, -0.2) is 16.3 Å². The first kappa shape index (κ1) is 13.0. The van der Waals surface area contributed by atoms with Gasteiger partial charge in [-0.25, -0.2) is 0 Å². The topological polar surface area (TPSA) is 117 Å². The van der Waals surface area contributed by atoms with Crippen LogP contribution in [0.4, 0.5) is 24.7 Å². The number of rotatable bonds is 3. The van der Waals surface area contributed by atoms with E-state index >= 15 is 0 Å². The maximum Gasteiger partial charge on any atom is 0.574 e. The van der Waals surface area contributed by atoms with E-state index in [1.807, 2.05) is 0 Å². The van der Waals surface area contributed by atoms with Crippen molar-refractivity contribution in [1.29, 1.82) is 0 Å². The van der Waals surface area contributed by atoms with Gasteiger partial charge in [0, 0.05) is 6.54 Å². The molecule has 94 valence electrons. The molecule has 0 aliphatic rings. The van der Waals surface area contributed by atoms with Crippen molar-refractivity contribution >= 4 is 11.5 Å². The lowest BCUT2D eigenvalue weighted by atomic mass is 10.2. The lowest BCUT2D eigenvalue weighted by Crippen LogP contribution is -2.19. The maximum atomic E-state index is 11.9. The van der Waals surface area contributed by atoms with Crippen molar-refractivity contribution in [3.63, 3.8) is 0 Å². The Hall–Kier alpha value is -2.10. The van der Waals surface area contributed by atoms with Crippen LogP contribution in [-0.2, 0) is 6.54 Å². The predicted octanol–water partition coefficient (Wildman–Crippen LogP) is 0.929. The Bertz CT molecular complexity index is 449. The summed E-state index contributed by atoms with van der Waals surface area (Å²) in [6, 6.07) is 0.520. The molecule has 0 amide bonds. The van der Waals surface area contributed by atoms with Crippen molar-refractivity contribution in [3.05, 3.63) is 21.7 Å². The highest BCUT2D eigenvalue weighted by molar-refractivity contribution is 5.55. The molecule has 0 unspecified atom stereocenters. The summed E-state index contributed by atoms with van der Waals surface area (Å²) in [5, 5.41) is 10.6. The number of nitrogen functional groups attached to an aromatic ring is 1. The fraction of sp³-hybridized carbons (Fsp3) is 0.286. The Labute approximate surface area is 92.3 Å². The average Bonchev–Trinajstić information content (AvgIpc) is 2.13. The third-order valence-electron chi connectivity index (χ3n) is 1.73. The van der Waals surface area contributed by atoms with Gasteiger partial charge in [0.25, 0.3) is 5.69 Å². The Balaban J connectivity index is 3.25. The van der Waals surface area contributed by atoms with E-state index in [1.165, 1.54) is 0 Å². The molecular weight excluding hydrogens is 245 g/mol. The summed E-state index contributed by atoms with van der Waals surface area (Å²) in [7, 11) is 0. The number of pyridine rings is 1. The van der Waals surface area contributed by atoms with Crippen LogP contribution >= 0.6 is 0 Å². The van der Waals surface area contributed by atoms with Gasteiger partial charge in [0.05, 0.1) is 16.6 Å². The number of aromatic nitrogens is 1. The summed E-state index contributed by atoms with van der Waals surface area (Å²) in [5.41, 5.74) is 9.61. The molecule has 4 N–H and O–H groups in total. The number of nitrogens with zero attached hydrogens (tertiary/aromatic N) is 2. The van der Waals surface area contributed by atoms with Crippen molar-refractivity contribution < 1.29 is 22.8 Å². The van der Waals surface area contributed by atoms with Gasteiger partial charge in [-0.2, -0.15) is 4.98 Å². The van der Waals surface area contributed by atoms with Gasteiger partial charge in [0.2, 0.25) is 5.88 Å². The molecule has 0 atom stereocenters. The normalized spacial score (nSPS) is 11.3. The Kier molecular flexibility index (Phi) is 3.36. The van der Waals surface area contributed by atoms with Gasteiger partial charge in [-0.3, -0.25) is 10.1 Å². The van der Waals surface area contributed by atoms with Crippen molar-refractivity contribution in [3.8, 4) is 5.88 Å². The minimum Gasteiger partial charge on any atom is -0.388 e. The van der Waals surface area contributed by atoms with E-state index in [-0.39, 0.29) is 12.1 Å². The van der Waals surface area contributed by atoms with Crippen LogP contribution in [0.25, 0.3) is 0 Å². The number of anilines is 1. The molecule has 0 spiro atoms. The highest BCUT2D eigenvalue weighted by atomic mass is 19.4. The van der Waals surface area contributed by atoms with E-state index < -0.39 is 28.7 Å². The van der Waals surface area contributed by atoms with Crippen molar-refractivity contribution in [2.75, 3.05) is 5.73 Å². The zero-order chi connectivity index (χ0) is 13.2. The molecule has 0 aliphatic heterocycles. The molecule has 0 radical (unpaired) electrons. The average molecular weight is 252 g/mol. The molecule has 1 heterocycles. The molecule has 0 saturated carbocycles. The van der Waals surface area contributed by atoms with E-state index in [0.717, 1.165) is 0 Å².